The van der Waals surface area contributed by atoms with E-state index in [0.717, 1.165) is 39.3 Å². The molecular formula is C14H30N4O2. The van der Waals surface area contributed by atoms with E-state index in [1.54, 1.807) is 0 Å². The van der Waals surface area contributed by atoms with Crippen LogP contribution in [-0.2, 0) is 9.53 Å². The zero-order chi connectivity index (χ0) is 15.0. The van der Waals surface area contributed by atoms with Gasteiger partial charge in [-0.1, -0.05) is 0 Å². The van der Waals surface area contributed by atoms with Crippen molar-refractivity contribution in [3.63, 3.8) is 0 Å². The number of nitrogens with one attached hydrogen (secondary N) is 1. The maximum Gasteiger partial charge on any atom is 0.306 e. The lowest BCUT2D eigenvalue weighted by atomic mass is 10.1. The predicted molar refractivity (Wildman–Crippen MR) is 80.6 cm³/mol. The van der Waals surface area contributed by atoms with Crippen molar-refractivity contribution in [3.05, 3.63) is 0 Å². The van der Waals surface area contributed by atoms with Crippen LogP contribution in [0.1, 0.15) is 20.3 Å². The molecule has 0 aromatic rings. The Morgan fingerprint density at radius 3 is 2.35 bits per heavy atom. The molecule has 118 valence electrons. The van der Waals surface area contributed by atoms with E-state index >= 15 is 0 Å². The molecule has 0 unspecified atom stereocenters. The van der Waals surface area contributed by atoms with Gasteiger partial charge in [0.2, 0.25) is 0 Å². The van der Waals surface area contributed by atoms with Crippen molar-refractivity contribution in [2.75, 3.05) is 52.9 Å². The van der Waals surface area contributed by atoms with Crippen LogP contribution in [0.25, 0.3) is 0 Å². The molecule has 0 radical (unpaired) electrons. The lowest BCUT2D eigenvalue weighted by molar-refractivity contribution is -0.140. The number of piperazine rings is 1. The van der Waals surface area contributed by atoms with Gasteiger partial charge in [-0.15, -0.1) is 0 Å². The van der Waals surface area contributed by atoms with Crippen LogP contribution in [0.3, 0.4) is 0 Å². The summed E-state index contributed by atoms with van der Waals surface area (Å²) in [5.41, 5.74) is 5.65. The monoisotopic (exact) mass is 286 g/mol. The Bertz CT molecular complexity index is 288. The molecule has 2 atom stereocenters. The van der Waals surface area contributed by atoms with E-state index in [1.165, 1.54) is 7.11 Å². The van der Waals surface area contributed by atoms with Crippen LogP contribution in [0.5, 0.6) is 0 Å². The molecule has 1 rings (SSSR count). The highest BCUT2D eigenvalue weighted by molar-refractivity contribution is 5.69. The van der Waals surface area contributed by atoms with Crippen LogP contribution in [0.4, 0.5) is 0 Å². The summed E-state index contributed by atoms with van der Waals surface area (Å²) < 4.78 is 4.61. The maximum absolute atomic E-state index is 11.0. The minimum atomic E-state index is -0.158. The molecule has 1 aliphatic rings. The van der Waals surface area contributed by atoms with Crippen LogP contribution in [0.2, 0.25) is 0 Å². The highest BCUT2D eigenvalue weighted by Gasteiger charge is 2.27. The van der Waals surface area contributed by atoms with Gasteiger partial charge in [-0.3, -0.25) is 14.6 Å². The van der Waals surface area contributed by atoms with E-state index in [0.29, 0.717) is 25.0 Å². The van der Waals surface area contributed by atoms with Crippen molar-refractivity contribution < 1.29 is 9.53 Å². The van der Waals surface area contributed by atoms with Crippen molar-refractivity contribution in [2.24, 2.45) is 5.73 Å². The van der Waals surface area contributed by atoms with Gasteiger partial charge >= 0.3 is 5.97 Å². The molecule has 1 fully saturated rings. The van der Waals surface area contributed by atoms with Crippen molar-refractivity contribution in [1.82, 2.24) is 15.1 Å². The molecule has 6 heteroatoms. The number of nitrogens with two attached hydrogens (primary N) is 1. The molecule has 0 aliphatic carbocycles. The quantitative estimate of drug-likeness (QED) is 0.463. The Morgan fingerprint density at radius 1 is 1.20 bits per heavy atom. The zero-order valence-electron chi connectivity index (χ0n) is 13.1. The molecule has 0 aromatic heterocycles. The summed E-state index contributed by atoms with van der Waals surface area (Å²) in [5.74, 6) is -0.158. The highest BCUT2D eigenvalue weighted by Crippen LogP contribution is 2.13. The van der Waals surface area contributed by atoms with Crippen LogP contribution >= 0.6 is 0 Å². The highest BCUT2D eigenvalue weighted by atomic mass is 16.5. The number of methoxy groups -OCH3 is 1. The first-order chi connectivity index (χ1) is 9.58. The third kappa shape index (κ3) is 5.75. The van der Waals surface area contributed by atoms with E-state index in [1.807, 2.05) is 0 Å². The summed E-state index contributed by atoms with van der Waals surface area (Å²) in [6.07, 6.45) is 0.437. The summed E-state index contributed by atoms with van der Waals surface area (Å²) in [5, 5.41) is 3.29. The van der Waals surface area contributed by atoms with Crippen LogP contribution in [0.15, 0.2) is 0 Å². The second-order valence-electron chi connectivity index (χ2n) is 5.55. The second kappa shape index (κ2) is 9.28. The SMILES string of the molecule is COC(=O)CCNCCN1C[C@@H](C)N(CCN)C[C@@H]1C. The Morgan fingerprint density at radius 2 is 1.80 bits per heavy atom. The average molecular weight is 286 g/mol. The topological polar surface area (TPSA) is 70.8 Å². The molecule has 0 amide bonds. The van der Waals surface area contributed by atoms with Crippen molar-refractivity contribution >= 4 is 5.97 Å². The zero-order valence-corrected chi connectivity index (χ0v) is 13.1. The van der Waals surface area contributed by atoms with Gasteiger partial charge in [0.05, 0.1) is 13.5 Å². The number of nitrogens with zero attached hydrogens (tertiary/aromatic N) is 2. The van der Waals surface area contributed by atoms with Crippen LogP contribution < -0.4 is 11.1 Å². The van der Waals surface area contributed by atoms with Gasteiger partial charge in [0.1, 0.15) is 0 Å². The van der Waals surface area contributed by atoms with Gasteiger partial charge < -0.3 is 15.8 Å². The molecule has 0 spiro atoms. The van der Waals surface area contributed by atoms with Crippen molar-refractivity contribution in [1.29, 1.82) is 0 Å². The fourth-order valence-electron chi connectivity index (χ4n) is 2.70. The molecule has 6 nitrogen and oxygen atoms in total. The molecule has 20 heavy (non-hydrogen) atoms. The van der Waals surface area contributed by atoms with E-state index < -0.39 is 0 Å². The standard InChI is InChI=1S/C14H30N4O2/c1-12-11-18(13(2)10-17(12)8-5-15)9-7-16-6-4-14(19)20-3/h12-13,16H,4-11,15H2,1-3H3/t12-,13+/m1/s1. The van der Waals surface area contributed by atoms with Gasteiger partial charge in [0, 0.05) is 57.9 Å². The van der Waals surface area contributed by atoms with Gasteiger partial charge in [-0.25, -0.2) is 0 Å². The Balaban J connectivity index is 2.19. The fourth-order valence-corrected chi connectivity index (χ4v) is 2.70. The number of hydrogen-bond donors (Lipinski definition) is 2. The average Bonchev–Trinajstić information content (AvgIpc) is 2.43. The van der Waals surface area contributed by atoms with Crippen molar-refractivity contribution in [2.45, 2.75) is 32.4 Å². The molecule has 1 heterocycles. The summed E-state index contributed by atoms with van der Waals surface area (Å²) in [6, 6.07) is 1.12. The van der Waals surface area contributed by atoms with Crippen molar-refractivity contribution in [3.8, 4) is 0 Å². The number of carbonyl (C=O) groups is 1. The second-order valence-corrected chi connectivity index (χ2v) is 5.55. The Hall–Kier alpha value is -0.690. The summed E-state index contributed by atoms with van der Waals surface area (Å²) >= 11 is 0. The predicted octanol–water partition coefficient (Wildman–Crippen LogP) is -0.508. The lowest BCUT2D eigenvalue weighted by Crippen LogP contribution is -2.58. The fraction of sp³-hybridized carbons (Fsp3) is 0.929. The molecular weight excluding hydrogens is 256 g/mol. The largest absolute Gasteiger partial charge is 0.469 e. The van der Waals surface area contributed by atoms with Gasteiger partial charge in [-0.2, -0.15) is 0 Å². The summed E-state index contributed by atoms with van der Waals surface area (Å²) in [4.78, 5) is 15.9. The van der Waals surface area contributed by atoms with Gasteiger partial charge in [-0.05, 0) is 13.8 Å². The van der Waals surface area contributed by atoms with Gasteiger partial charge in [0.15, 0.2) is 0 Å². The minimum Gasteiger partial charge on any atom is -0.469 e. The molecule has 0 saturated carbocycles. The number of ether oxygens (including phenoxy) is 1. The first kappa shape index (κ1) is 17.4. The van der Waals surface area contributed by atoms with E-state index in [4.69, 9.17) is 5.73 Å². The lowest BCUT2D eigenvalue weighted by Gasteiger charge is -2.44. The third-order valence-corrected chi connectivity index (χ3v) is 3.97. The molecule has 1 saturated heterocycles. The van der Waals surface area contributed by atoms with E-state index in [2.05, 4.69) is 33.7 Å². The van der Waals surface area contributed by atoms with Gasteiger partial charge in [0.25, 0.3) is 0 Å². The van der Waals surface area contributed by atoms with Crippen LogP contribution in [0, 0.1) is 0 Å². The molecule has 0 aromatic carbocycles. The smallest absolute Gasteiger partial charge is 0.306 e. The number of rotatable bonds is 8. The Labute approximate surface area is 122 Å². The first-order valence-electron chi connectivity index (χ1n) is 7.54. The summed E-state index contributed by atoms with van der Waals surface area (Å²) in [6.45, 7) is 11.0. The normalized spacial score (nSPS) is 24.8. The first-order valence-corrected chi connectivity index (χ1v) is 7.54. The number of hydrogen-bond acceptors (Lipinski definition) is 6. The maximum atomic E-state index is 11.0. The van der Waals surface area contributed by atoms with E-state index in [9.17, 15) is 4.79 Å². The molecule has 3 N–H and O–H groups in total. The molecule has 1 aliphatic heterocycles. The Kier molecular flexibility index (Phi) is 8.06. The number of carbonyl (C=O) groups excluding carboxylic acids is 1. The molecule has 0 bridgehead atoms. The van der Waals surface area contributed by atoms with E-state index in [-0.39, 0.29) is 5.97 Å². The summed E-state index contributed by atoms with van der Waals surface area (Å²) in [7, 11) is 1.42. The minimum absolute atomic E-state index is 0.158. The number of esters is 1. The van der Waals surface area contributed by atoms with Crippen LogP contribution in [-0.4, -0.2) is 80.8 Å². The third-order valence-electron chi connectivity index (χ3n) is 3.97.